The summed E-state index contributed by atoms with van der Waals surface area (Å²) in [6.07, 6.45) is 0.617. The van der Waals surface area contributed by atoms with Crippen molar-refractivity contribution in [2.75, 3.05) is 32.6 Å². The summed E-state index contributed by atoms with van der Waals surface area (Å²) in [5.41, 5.74) is 6.99. The van der Waals surface area contributed by atoms with Crippen molar-refractivity contribution in [3.05, 3.63) is 58.6 Å². The molecule has 184 valence electrons. The van der Waals surface area contributed by atoms with E-state index < -0.39 is 15.9 Å². The molecule has 0 fully saturated rings. The number of halogens is 1. The number of hydrogen-bond acceptors (Lipinski definition) is 5. The second-order valence-corrected chi connectivity index (χ2v) is 10.6. The first-order valence-corrected chi connectivity index (χ1v) is 12.9. The van der Waals surface area contributed by atoms with Crippen LogP contribution < -0.4 is 15.2 Å². The Hall–Kier alpha value is -2.73. The molecule has 0 aromatic heterocycles. The van der Waals surface area contributed by atoms with Gasteiger partial charge in [-0.2, -0.15) is 0 Å². The van der Waals surface area contributed by atoms with Gasteiger partial charge in [0.05, 0.1) is 12.9 Å². The van der Waals surface area contributed by atoms with Gasteiger partial charge in [-0.25, -0.2) is 12.7 Å². The van der Waals surface area contributed by atoms with E-state index in [1.54, 1.807) is 32.2 Å². The lowest BCUT2D eigenvalue weighted by Crippen LogP contribution is -2.38. The predicted molar refractivity (Wildman–Crippen MR) is 135 cm³/mol. The summed E-state index contributed by atoms with van der Waals surface area (Å²) in [5.74, 6) is 6.42. The molecule has 7 nitrogen and oxygen atoms in total. The maximum absolute atomic E-state index is 12.5. The average molecular weight is 507 g/mol. The van der Waals surface area contributed by atoms with Gasteiger partial charge >= 0.3 is 0 Å². The van der Waals surface area contributed by atoms with Gasteiger partial charge in [-0.15, -0.1) is 0 Å². The fourth-order valence-corrected chi connectivity index (χ4v) is 4.65. The van der Waals surface area contributed by atoms with Gasteiger partial charge in [-0.1, -0.05) is 36.4 Å². The Labute approximate surface area is 207 Å². The standard InChI is InChI=1S/C25H31ClN2O5S/c1-4-34(30,31)28(18-19(2)16-25(27)29)14-13-21-9-12-23(24(17-21)32-3)33-15-5-6-20-7-10-22(26)11-8-20/h7-12,17,19H,4,13-16,18H2,1-3H3,(H2,27,29). The van der Waals surface area contributed by atoms with Crippen LogP contribution in [0.5, 0.6) is 11.5 Å². The molecule has 0 spiro atoms. The maximum atomic E-state index is 12.5. The van der Waals surface area contributed by atoms with Crippen LogP contribution in [0.1, 0.15) is 31.4 Å². The number of ether oxygens (including phenoxy) is 2. The van der Waals surface area contributed by atoms with Gasteiger partial charge < -0.3 is 15.2 Å². The third kappa shape index (κ3) is 8.90. The van der Waals surface area contributed by atoms with Gasteiger partial charge in [0, 0.05) is 30.1 Å². The van der Waals surface area contributed by atoms with Crippen LogP contribution in [0, 0.1) is 17.8 Å². The Morgan fingerprint density at radius 2 is 1.88 bits per heavy atom. The van der Waals surface area contributed by atoms with Crippen molar-refractivity contribution in [1.82, 2.24) is 4.31 Å². The lowest BCUT2D eigenvalue weighted by molar-refractivity contribution is -0.118. The Kier molecular flexibility index (Phi) is 10.7. The largest absolute Gasteiger partial charge is 0.493 e. The normalized spacial score (nSPS) is 12.0. The molecule has 2 N–H and O–H groups in total. The molecule has 0 heterocycles. The molecule has 2 aromatic carbocycles. The Morgan fingerprint density at radius 1 is 1.18 bits per heavy atom. The molecular weight excluding hydrogens is 476 g/mol. The number of hydrogen-bond donors (Lipinski definition) is 1. The van der Waals surface area contributed by atoms with Crippen LogP contribution in [0.4, 0.5) is 0 Å². The zero-order valence-corrected chi connectivity index (χ0v) is 21.3. The second kappa shape index (κ2) is 13.2. The molecule has 0 aliphatic rings. The third-order valence-corrected chi connectivity index (χ3v) is 7.18. The first kappa shape index (κ1) is 27.5. The lowest BCUT2D eigenvalue weighted by atomic mass is 10.1. The summed E-state index contributed by atoms with van der Waals surface area (Å²) in [5, 5.41) is 0.655. The SMILES string of the molecule is CCS(=O)(=O)N(CCc1ccc(OCC#Cc2ccc(Cl)cc2)c(OC)c1)CC(C)CC(N)=O. The van der Waals surface area contributed by atoms with Gasteiger partial charge in [0.2, 0.25) is 15.9 Å². The molecule has 0 saturated carbocycles. The van der Waals surface area contributed by atoms with Gasteiger partial charge in [0.15, 0.2) is 11.5 Å². The summed E-state index contributed by atoms with van der Waals surface area (Å²) >= 11 is 5.87. The number of amides is 1. The fraction of sp³-hybridized carbons (Fsp3) is 0.400. The summed E-state index contributed by atoms with van der Waals surface area (Å²) in [6, 6.07) is 12.7. The van der Waals surface area contributed by atoms with Crippen LogP contribution in [-0.2, 0) is 21.2 Å². The highest BCUT2D eigenvalue weighted by atomic mass is 35.5. The molecule has 1 atom stereocenters. The molecule has 1 unspecified atom stereocenters. The lowest BCUT2D eigenvalue weighted by Gasteiger charge is -2.24. The minimum atomic E-state index is -3.42. The van der Waals surface area contributed by atoms with Crippen molar-refractivity contribution >= 4 is 27.5 Å². The van der Waals surface area contributed by atoms with Crippen molar-refractivity contribution in [3.8, 4) is 23.3 Å². The quantitative estimate of drug-likeness (QED) is 0.444. The van der Waals surface area contributed by atoms with Gasteiger partial charge in [0.1, 0.15) is 6.61 Å². The van der Waals surface area contributed by atoms with Crippen LogP contribution in [0.25, 0.3) is 0 Å². The van der Waals surface area contributed by atoms with E-state index in [2.05, 4.69) is 11.8 Å². The molecule has 1 amide bonds. The van der Waals surface area contributed by atoms with E-state index in [1.165, 1.54) is 4.31 Å². The van der Waals surface area contributed by atoms with E-state index in [0.29, 0.717) is 22.9 Å². The second-order valence-electron chi connectivity index (χ2n) is 7.87. The van der Waals surface area contributed by atoms with Crippen molar-refractivity contribution in [3.63, 3.8) is 0 Å². The van der Waals surface area contributed by atoms with Gasteiger partial charge in [-0.3, -0.25) is 4.79 Å². The molecule has 34 heavy (non-hydrogen) atoms. The Bertz CT molecular complexity index is 1120. The fourth-order valence-electron chi connectivity index (χ4n) is 3.31. The highest BCUT2D eigenvalue weighted by Crippen LogP contribution is 2.28. The first-order chi connectivity index (χ1) is 16.1. The van der Waals surface area contributed by atoms with Crippen LogP contribution in [0.3, 0.4) is 0 Å². The number of carbonyl (C=O) groups excluding carboxylic acids is 1. The van der Waals surface area contributed by atoms with Gasteiger partial charge in [0.25, 0.3) is 0 Å². The topological polar surface area (TPSA) is 98.9 Å². The number of methoxy groups -OCH3 is 1. The summed E-state index contributed by atoms with van der Waals surface area (Å²) < 4.78 is 37.7. The Morgan fingerprint density at radius 3 is 2.50 bits per heavy atom. The molecule has 2 aromatic rings. The number of primary amides is 1. The zero-order valence-electron chi connectivity index (χ0n) is 19.7. The molecular formula is C25H31ClN2O5S. The van der Waals surface area contributed by atoms with Crippen LogP contribution in [0.15, 0.2) is 42.5 Å². The number of nitrogens with two attached hydrogens (primary N) is 1. The minimum absolute atomic E-state index is 0.0105. The molecule has 0 radical (unpaired) electrons. The molecule has 0 aliphatic carbocycles. The summed E-state index contributed by atoms with van der Waals surface area (Å²) in [6.45, 7) is 4.12. The van der Waals surface area contributed by atoms with E-state index in [-0.39, 0.29) is 37.8 Å². The molecule has 0 bridgehead atoms. The minimum Gasteiger partial charge on any atom is -0.493 e. The zero-order chi connectivity index (χ0) is 25.1. The number of carbonyl (C=O) groups is 1. The summed E-state index contributed by atoms with van der Waals surface area (Å²) in [4.78, 5) is 11.2. The van der Waals surface area contributed by atoms with E-state index >= 15 is 0 Å². The third-order valence-electron chi connectivity index (χ3n) is 5.08. The highest BCUT2D eigenvalue weighted by Gasteiger charge is 2.23. The highest BCUT2D eigenvalue weighted by molar-refractivity contribution is 7.89. The van der Waals surface area contributed by atoms with E-state index in [4.69, 9.17) is 26.8 Å². The maximum Gasteiger partial charge on any atom is 0.217 e. The van der Waals surface area contributed by atoms with Crippen molar-refractivity contribution in [1.29, 1.82) is 0 Å². The summed E-state index contributed by atoms with van der Waals surface area (Å²) in [7, 11) is -1.88. The predicted octanol–water partition coefficient (Wildman–Crippen LogP) is 3.48. The van der Waals surface area contributed by atoms with Crippen molar-refractivity contribution in [2.24, 2.45) is 11.7 Å². The van der Waals surface area contributed by atoms with Gasteiger partial charge in [-0.05, 0) is 61.2 Å². The Balaban J connectivity index is 2.02. The number of rotatable bonds is 12. The van der Waals surface area contributed by atoms with E-state index in [9.17, 15) is 13.2 Å². The number of nitrogens with zero attached hydrogens (tertiary/aromatic N) is 1. The smallest absolute Gasteiger partial charge is 0.217 e. The number of sulfonamides is 1. The van der Waals surface area contributed by atoms with E-state index in [1.807, 2.05) is 31.2 Å². The molecule has 2 rings (SSSR count). The monoisotopic (exact) mass is 506 g/mol. The average Bonchev–Trinajstić information content (AvgIpc) is 2.80. The molecule has 9 heteroatoms. The first-order valence-electron chi connectivity index (χ1n) is 10.9. The van der Waals surface area contributed by atoms with Crippen molar-refractivity contribution in [2.45, 2.75) is 26.7 Å². The van der Waals surface area contributed by atoms with E-state index in [0.717, 1.165) is 11.1 Å². The molecule has 0 saturated heterocycles. The van der Waals surface area contributed by atoms with Crippen LogP contribution in [0.2, 0.25) is 5.02 Å². The number of benzene rings is 2. The van der Waals surface area contributed by atoms with Crippen LogP contribution >= 0.6 is 11.6 Å². The molecule has 0 aliphatic heterocycles. The van der Waals surface area contributed by atoms with Crippen LogP contribution in [-0.4, -0.2) is 51.2 Å². The van der Waals surface area contributed by atoms with Crippen molar-refractivity contribution < 1.29 is 22.7 Å².